The lowest BCUT2D eigenvalue weighted by Gasteiger charge is -2.20. The van der Waals surface area contributed by atoms with E-state index in [0.29, 0.717) is 53.4 Å². The number of benzene rings is 3. The van der Waals surface area contributed by atoms with Gasteiger partial charge >= 0.3 is 11.7 Å². The number of sulfonamides is 1. The van der Waals surface area contributed by atoms with Crippen LogP contribution in [0.2, 0.25) is 0 Å². The Labute approximate surface area is 302 Å². The zero-order chi connectivity index (χ0) is 38.8. The lowest BCUT2D eigenvalue weighted by Crippen LogP contribution is -2.43. The summed E-state index contributed by atoms with van der Waals surface area (Å²) < 4.78 is 65.7. The molecule has 2 heterocycles. The summed E-state index contributed by atoms with van der Waals surface area (Å²) in [4.78, 5) is 62.9. The zero-order valence-corrected chi connectivity index (χ0v) is 30.0. The van der Waals surface area contributed by atoms with Crippen LogP contribution in [-0.4, -0.2) is 53.1 Å². The predicted octanol–water partition coefficient (Wildman–Crippen LogP) is 3.49. The van der Waals surface area contributed by atoms with Gasteiger partial charge in [0.05, 0.1) is 40.6 Å². The summed E-state index contributed by atoms with van der Waals surface area (Å²) in [5.74, 6) is -5.63. The molecule has 0 saturated carbocycles. The summed E-state index contributed by atoms with van der Waals surface area (Å²) in [6.07, 6.45) is 0.368. The van der Waals surface area contributed by atoms with E-state index in [1.165, 1.54) is 28.8 Å². The molecule has 14 nitrogen and oxygen atoms in total. The minimum atomic E-state index is -4.44. The van der Waals surface area contributed by atoms with E-state index in [-0.39, 0.29) is 30.3 Å². The molecule has 4 N–H and O–H groups in total. The van der Waals surface area contributed by atoms with Crippen molar-refractivity contribution in [3.63, 3.8) is 0 Å². The van der Waals surface area contributed by atoms with Crippen LogP contribution in [0.3, 0.4) is 0 Å². The van der Waals surface area contributed by atoms with Gasteiger partial charge in [-0.2, -0.15) is 0 Å². The smallest absolute Gasteiger partial charge is 0.335 e. The number of fused-ring (bicyclic) bond motifs is 1. The van der Waals surface area contributed by atoms with Crippen LogP contribution in [0.5, 0.6) is 0 Å². The van der Waals surface area contributed by atoms with E-state index in [1.807, 2.05) is 4.72 Å². The Morgan fingerprint density at radius 2 is 1.64 bits per heavy atom. The van der Waals surface area contributed by atoms with Crippen LogP contribution < -0.4 is 26.6 Å². The Hall–Kier alpha value is -5.68. The third-order valence-electron chi connectivity index (χ3n) is 8.59. The number of ether oxygens (including phenoxy) is 1. The highest BCUT2D eigenvalue weighted by Crippen LogP contribution is 2.25. The number of anilines is 2. The first kappa shape index (κ1) is 38.5. The topological polar surface area (TPSA) is 195 Å². The normalized spacial score (nSPS) is 13.5. The summed E-state index contributed by atoms with van der Waals surface area (Å²) in [6.45, 7) is 5.58. The number of aryl methyl sites for hydroxylation is 1. The number of carboxylic acid groups (broad SMARTS) is 1. The third kappa shape index (κ3) is 8.52. The summed E-state index contributed by atoms with van der Waals surface area (Å²) >= 11 is 0. The van der Waals surface area contributed by atoms with Gasteiger partial charge in [-0.15, -0.1) is 0 Å². The van der Waals surface area contributed by atoms with Crippen LogP contribution in [0, 0.1) is 17.0 Å². The number of aliphatic carboxylic acids is 1. The maximum atomic E-state index is 15.1. The number of carboxylic acids is 1. The molecule has 0 aliphatic carbocycles. The molecular formula is C36H37F2N5O9S. The number of halogens is 2. The number of hydrogen-bond acceptors (Lipinski definition) is 8. The number of carbonyl (C=O) groups is 3. The van der Waals surface area contributed by atoms with Gasteiger partial charge in [0.2, 0.25) is 5.91 Å². The molecule has 5 rings (SSSR count). The van der Waals surface area contributed by atoms with Crippen molar-refractivity contribution in [1.29, 1.82) is 0 Å². The summed E-state index contributed by atoms with van der Waals surface area (Å²) in [5, 5.41) is 14.6. The Bertz CT molecular complexity index is 2320. The highest BCUT2D eigenvalue weighted by atomic mass is 32.2. The molecule has 0 radical (unpaired) electrons. The van der Waals surface area contributed by atoms with Crippen molar-refractivity contribution in [3.05, 3.63) is 116 Å². The van der Waals surface area contributed by atoms with E-state index in [0.717, 1.165) is 16.7 Å². The predicted molar refractivity (Wildman–Crippen MR) is 190 cm³/mol. The van der Waals surface area contributed by atoms with Gasteiger partial charge in [0, 0.05) is 36.3 Å². The average molecular weight is 754 g/mol. The molecule has 0 bridgehead atoms. The van der Waals surface area contributed by atoms with Crippen molar-refractivity contribution in [3.8, 4) is 5.69 Å². The third-order valence-corrected chi connectivity index (χ3v) is 9.97. The number of carbonyl (C=O) groups excluding carboxylic acids is 2. The quantitative estimate of drug-likeness (QED) is 0.177. The van der Waals surface area contributed by atoms with Crippen LogP contribution in [0.25, 0.3) is 5.69 Å². The number of hydrogen-bond donors (Lipinski definition) is 4. The number of rotatable bonds is 11. The van der Waals surface area contributed by atoms with Gasteiger partial charge in [-0.3, -0.25) is 23.7 Å². The van der Waals surface area contributed by atoms with Crippen LogP contribution in [0.1, 0.15) is 54.4 Å². The van der Waals surface area contributed by atoms with Crippen molar-refractivity contribution in [2.24, 2.45) is 12.5 Å². The molecule has 1 aliphatic heterocycles. The van der Waals surface area contributed by atoms with Crippen LogP contribution in [0.15, 0.2) is 75.1 Å². The maximum absolute atomic E-state index is 15.1. The molecule has 280 valence electrons. The number of nitrogens with zero attached hydrogens (tertiary/aromatic N) is 2. The van der Waals surface area contributed by atoms with Gasteiger partial charge in [0.15, 0.2) is 0 Å². The van der Waals surface area contributed by atoms with Crippen LogP contribution in [0.4, 0.5) is 20.2 Å². The van der Waals surface area contributed by atoms with Gasteiger partial charge < -0.3 is 20.5 Å². The first-order valence-corrected chi connectivity index (χ1v) is 17.8. The van der Waals surface area contributed by atoms with E-state index < -0.39 is 67.5 Å². The van der Waals surface area contributed by atoms with Crippen molar-refractivity contribution < 1.29 is 41.4 Å². The van der Waals surface area contributed by atoms with Gasteiger partial charge in [0.1, 0.15) is 17.7 Å². The van der Waals surface area contributed by atoms with E-state index in [1.54, 1.807) is 40.0 Å². The summed E-state index contributed by atoms with van der Waals surface area (Å²) in [5.41, 5.74) is -1.17. The fraction of sp³-hybridized carbons (Fsp3) is 0.306. The molecule has 0 spiro atoms. The number of amides is 2. The second-order valence-electron chi connectivity index (χ2n) is 13.4. The van der Waals surface area contributed by atoms with E-state index in [4.69, 9.17) is 4.74 Å². The number of aromatic nitrogens is 2. The van der Waals surface area contributed by atoms with Crippen molar-refractivity contribution in [2.45, 2.75) is 57.6 Å². The second kappa shape index (κ2) is 15.1. The second-order valence-corrected chi connectivity index (χ2v) is 15.1. The maximum Gasteiger partial charge on any atom is 0.335 e. The largest absolute Gasteiger partial charge is 0.480 e. The average Bonchev–Trinajstić information content (AvgIpc) is 3.10. The molecule has 1 aromatic heterocycles. The Morgan fingerprint density at radius 1 is 0.981 bits per heavy atom. The molecule has 4 aromatic rings. The highest BCUT2D eigenvalue weighted by molar-refractivity contribution is 7.92. The molecule has 53 heavy (non-hydrogen) atoms. The highest BCUT2D eigenvalue weighted by Gasteiger charge is 2.26. The van der Waals surface area contributed by atoms with Crippen molar-refractivity contribution >= 4 is 39.2 Å². The molecule has 1 atom stereocenters. The van der Waals surface area contributed by atoms with E-state index in [2.05, 4.69) is 10.6 Å². The molecular weight excluding hydrogens is 716 g/mol. The fourth-order valence-corrected chi connectivity index (χ4v) is 6.56. The van der Waals surface area contributed by atoms with E-state index in [9.17, 15) is 37.5 Å². The SMILES string of the molecule is Cn1c2c(c(=O)n(-c3ccc(CC[C@H](NC(=O)c4cc(F)c(NS(=O)(=O)c5ccc(NC(=O)C(C)(C)C)cc5)cc4F)C(=O)O)cc3)c1=O)COCC2. The van der Waals surface area contributed by atoms with Gasteiger partial charge in [-0.25, -0.2) is 31.4 Å². The fourth-order valence-electron chi connectivity index (χ4n) is 5.50. The Kier molecular flexibility index (Phi) is 11.0. The minimum Gasteiger partial charge on any atom is -0.480 e. The molecule has 3 aromatic carbocycles. The lowest BCUT2D eigenvalue weighted by atomic mass is 9.95. The van der Waals surface area contributed by atoms with Crippen LogP contribution in [-0.2, 0) is 50.8 Å². The van der Waals surface area contributed by atoms with Crippen molar-refractivity contribution in [1.82, 2.24) is 14.5 Å². The number of nitrogens with one attached hydrogen (secondary N) is 3. The molecule has 0 saturated heterocycles. The lowest BCUT2D eigenvalue weighted by molar-refractivity contribution is -0.139. The molecule has 0 fully saturated rings. The van der Waals surface area contributed by atoms with E-state index >= 15 is 8.78 Å². The summed E-state index contributed by atoms with van der Waals surface area (Å²) in [7, 11) is -2.86. The first-order chi connectivity index (χ1) is 24.9. The molecule has 0 unspecified atom stereocenters. The standard InChI is InChI=1S/C36H37F2N5O9S/c1-36(2,3)34(48)39-21-8-12-23(13-9-21)53(50,51)41-29-18-26(37)24(17-27(29)38)31(44)40-28(33(46)47)14-7-20-5-10-22(11-6-20)43-32(45)25-19-52-16-15-30(25)42(4)35(43)49/h5-6,8-13,17-18,28,41H,7,14-16,19H2,1-4H3,(H,39,48)(H,40,44)(H,46,47)/t28-/m0/s1. The van der Waals surface area contributed by atoms with Crippen molar-refractivity contribution in [2.75, 3.05) is 16.6 Å². The zero-order valence-electron chi connectivity index (χ0n) is 29.2. The first-order valence-electron chi connectivity index (χ1n) is 16.4. The Morgan fingerprint density at radius 3 is 2.26 bits per heavy atom. The molecule has 2 amide bonds. The van der Waals surface area contributed by atoms with Gasteiger partial charge in [-0.1, -0.05) is 32.9 Å². The van der Waals surface area contributed by atoms with Gasteiger partial charge in [-0.05, 0) is 60.9 Å². The summed E-state index contributed by atoms with van der Waals surface area (Å²) in [6, 6.07) is 10.6. The van der Waals surface area contributed by atoms with Gasteiger partial charge in [0.25, 0.3) is 21.5 Å². The molecule has 17 heteroatoms. The molecule has 1 aliphatic rings. The minimum absolute atomic E-state index is 0.0825. The van der Waals surface area contributed by atoms with Crippen LogP contribution >= 0.6 is 0 Å². The monoisotopic (exact) mass is 753 g/mol. The Balaban J connectivity index is 1.24.